The minimum Gasteiger partial charge on any atom is -0.489 e. The molecule has 1 aliphatic rings. The lowest BCUT2D eigenvalue weighted by Crippen LogP contribution is -2.18. The van der Waals surface area contributed by atoms with E-state index in [1.54, 1.807) is 12.1 Å². The molecule has 1 unspecified atom stereocenters. The van der Waals surface area contributed by atoms with Crippen LogP contribution in [0.4, 0.5) is 4.39 Å². The molecule has 0 aliphatic heterocycles. The van der Waals surface area contributed by atoms with Gasteiger partial charge in [0.05, 0.1) is 0 Å². The maximum Gasteiger partial charge on any atom is 0.129 e. The van der Waals surface area contributed by atoms with Crippen LogP contribution >= 0.6 is 0 Å². The molecule has 110 valence electrons. The van der Waals surface area contributed by atoms with Crippen molar-refractivity contribution >= 4 is 0 Å². The van der Waals surface area contributed by atoms with E-state index in [1.807, 2.05) is 18.2 Å². The van der Waals surface area contributed by atoms with Crippen molar-refractivity contribution in [3.8, 4) is 5.75 Å². The molecule has 3 rings (SSSR count). The van der Waals surface area contributed by atoms with Crippen LogP contribution in [0, 0.1) is 5.82 Å². The van der Waals surface area contributed by atoms with Gasteiger partial charge in [0.1, 0.15) is 18.2 Å². The molecule has 21 heavy (non-hydrogen) atoms. The van der Waals surface area contributed by atoms with Crippen LogP contribution in [0.3, 0.4) is 0 Å². The zero-order valence-corrected chi connectivity index (χ0v) is 12.2. The highest BCUT2D eigenvalue weighted by Crippen LogP contribution is 2.37. The fraction of sp³-hybridized carbons (Fsp3) is 0.333. The molecule has 0 bridgehead atoms. The highest BCUT2D eigenvalue weighted by atomic mass is 19.1. The fourth-order valence-corrected chi connectivity index (χ4v) is 2.99. The molecule has 0 fully saturated rings. The molecule has 2 nitrogen and oxygen atoms in total. The Kier molecular flexibility index (Phi) is 4.20. The van der Waals surface area contributed by atoms with Crippen LogP contribution in [0.15, 0.2) is 42.5 Å². The topological polar surface area (TPSA) is 21.3 Å². The largest absolute Gasteiger partial charge is 0.489 e. The van der Waals surface area contributed by atoms with Crippen LogP contribution in [-0.2, 0) is 13.0 Å². The van der Waals surface area contributed by atoms with Gasteiger partial charge in [-0.05, 0) is 42.6 Å². The summed E-state index contributed by atoms with van der Waals surface area (Å²) in [5.41, 5.74) is 3.18. The molecule has 0 amide bonds. The van der Waals surface area contributed by atoms with Gasteiger partial charge in [-0.1, -0.05) is 37.3 Å². The first-order chi connectivity index (χ1) is 10.3. The lowest BCUT2D eigenvalue weighted by Gasteiger charge is -2.14. The summed E-state index contributed by atoms with van der Waals surface area (Å²) in [4.78, 5) is 0. The molecule has 3 heteroatoms. The SMILES string of the molecule is CCNC1CCc2c(OCc3ccccc3F)cccc21. The van der Waals surface area contributed by atoms with Gasteiger partial charge in [0.15, 0.2) is 0 Å². The second-order valence-corrected chi connectivity index (χ2v) is 5.35. The molecule has 1 atom stereocenters. The molecule has 0 aromatic heterocycles. The summed E-state index contributed by atoms with van der Waals surface area (Å²) in [6, 6.07) is 13.3. The predicted octanol–water partition coefficient (Wildman–Crippen LogP) is 4.00. The van der Waals surface area contributed by atoms with Gasteiger partial charge in [-0.15, -0.1) is 0 Å². The first-order valence-electron chi connectivity index (χ1n) is 7.51. The third-order valence-corrected chi connectivity index (χ3v) is 4.02. The van der Waals surface area contributed by atoms with Crippen molar-refractivity contribution < 1.29 is 9.13 Å². The zero-order valence-electron chi connectivity index (χ0n) is 12.2. The van der Waals surface area contributed by atoms with Gasteiger partial charge in [0.25, 0.3) is 0 Å². The summed E-state index contributed by atoms with van der Waals surface area (Å²) in [5.74, 6) is 0.673. The van der Waals surface area contributed by atoms with Crippen molar-refractivity contribution in [2.45, 2.75) is 32.4 Å². The Labute approximate surface area is 125 Å². The number of fused-ring (bicyclic) bond motifs is 1. The van der Waals surface area contributed by atoms with Crippen LogP contribution in [0.5, 0.6) is 5.75 Å². The summed E-state index contributed by atoms with van der Waals surface area (Å²) in [7, 11) is 0. The van der Waals surface area contributed by atoms with Crippen LogP contribution < -0.4 is 10.1 Å². The van der Waals surface area contributed by atoms with Gasteiger partial charge >= 0.3 is 0 Å². The standard InChI is InChI=1S/C18H20FNO/c1-2-20-17-11-10-15-14(17)7-5-9-18(15)21-12-13-6-3-4-8-16(13)19/h3-9,17,20H,2,10-12H2,1H3. The summed E-state index contributed by atoms with van der Waals surface area (Å²) in [5, 5.41) is 3.50. The fourth-order valence-electron chi connectivity index (χ4n) is 2.99. The molecule has 0 spiro atoms. The van der Waals surface area contributed by atoms with E-state index >= 15 is 0 Å². The monoisotopic (exact) mass is 285 g/mol. The van der Waals surface area contributed by atoms with Crippen LogP contribution in [0.2, 0.25) is 0 Å². The Bertz CT molecular complexity index is 626. The molecule has 0 heterocycles. The first kappa shape index (κ1) is 14.1. The van der Waals surface area contributed by atoms with Crippen molar-refractivity contribution in [2.75, 3.05) is 6.54 Å². The minimum absolute atomic E-state index is 0.212. The number of benzene rings is 2. The molecule has 0 saturated heterocycles. The van der Waals surface area contributed by atoms with Gasteiger partial charge in [-0.2, -0.15) is 0 Å². The normalized spacial score (nSPS) is 16.8. The third-order valence-electron chi connectivity index (χ3n) is 4.02. The quantitative estimate of drug-likeness (QED) is 0.896. The van der Waals surface area contributed by atoms with Gasteiger partial charge in [0.2, 0.25) is 0 Å². The highest BCUT2D eigenvalue weighted by Gasteiger charge is 2.24. The van der Waals surface area contributed by atoms with Gasteiger partial charge < -0.3 is 10.1 Å². The molecule has 1 aliphatic carbocycles. The number of ether oxygens (including phenoxy) is 1. The number of nitrogens with one attached hydrogen (secondary N) is 1. The minimum atomic E-state index is -0.212. The van der Waals surface area contributed by atoms with E-state index in [9.17, 15) is 4.39 Å². The number of halogens is 1. The van der Waals surface area contributed by atoms with E-state index in [1.165, 1.54) is 17.2 Å². The molecular weight excluding hydrogens is 265 g/mol. The second kappa shape index (κ2) is 6.27. The van der Waals surface area contributed by atoms with Gasteiger partial charge in [-0.25, -0.2) is 4.39 Å². The summed E-state index contributed by atoms with van der Waals surface area (Å²) in [6.07, 6.45) is 2.11. The van der Waals surface area contributed by atoms with E-state index in [0.29, 0.717) is 11.6 Å². The zero-order chi connectivity index (χ0) is 14.7. The molecule has 2 aromatic carbocycles. The van der Waals surface area contributed by atoms with E-state index < -0.39 is 0 Å². The van der Waals surface area contributed by atoms with Crippen LogP contribution in [-0.4, -0.2) is 6.54 Å². The highest BCUT2D eigenvalue weighted by molar-refractivity contribution is 5.45. The smallest absolute Gasteiger partial charge is 0.129 e. The van der Waals surface area contributed by atoms with Crippen molar-refractivity contribution in [3.05, 3.63) is 65.0 Å². The maximum absolute atomic E-state index is 13.6. The van der Waals surface area contributed by atoms with Crippen molar-refractivity contribution in [1.29, 1.82) is 0 Å². The predicted molar refractivity (Wildman–Crippen MR) is 81.9 cm³/mol. The second-order valence-electron chi connectivity index (χ2n) is 5.35. The van der Waals surface area contributed by atoms with Crippen molar-refractivity contribution in [3.63, 3.8) is 0 Å². The number of hydrogen-bond acceptors (Lipinski definition) is 2. The van der Waals surface area contributed by atoms with E-state index in [-0.39, 0.29) is 12.4 Å². The number of rotatable bonds is 5. The Balaban J connectivity index is 1.77. The average Bonchev–Trinajstić information content (AvgIpc) is 2.91. The Morgan fingerprint density at radius 1 is 1.19 bits per heavy atom. The Morgan fingerprint density at radius 3 is 2.86 bits per heavy atom. The van der Waals surface area contributed by atoms with Gasteiger partial charge in [0, 0.05) is 11.6 Å². The van der Waals surface area contributed by atoms with Gasteiger partial charge in [-0.3, -0.25) is 0 Å². The lowest BCUT2D eigenvalue weighted by atomic mass is 10.1. The summed E-state index contributed by atoms with van der Waals surface area (Å²) in [6.45, 7) is 3.36. The Hall–Kier alpha value is -1.87. The maximum atomic E-state index is 13.6. The van der Waals surface area contributed by atoms with Crippen LogP contribution in [0.1, 0.15) is 36.1 Å². The summed E-state index contributed by atoms with van der Waals surface area (Å²) >= 11 is 0. The molecule has 0 radical (unpaired) electrons. The lowest BCUT2D eigenvalue weighted by molar-refractivity contribution is 0.297. The van der Waals surface area contributed by atoms with Crippen molar-refractivity contribution in [1.82, 2.24) is 5.32 Å². The molecule has 0 saturated carbocycles. The average molecular weight is 285 g/mol. The van der Waals surface area contributed by atoms with E-state index in [0.717, 1.165) is 25.1 Å². The molecular formula is C18H20FNO. The van der Waals surface area contributed by atoms with E-state index in [2.05, 4.69) is 18.3 Å². The molecule has 2 aromatic rings. The van der Waals surface area contributed by atoms with Crippen molar-refractivity contribution in [2.24, 2.45) is 0 Å². The van der Waals surface area contributed by atoms with E-state index in [4.69, 9.17) is 4.74 Å². The third kappa shape index (κ3) is 2.93. The van der Waals surface area contributed by atoms with Crippen LogP contribution in [0.25, 0.3) is 0 Å². The Morgan fingerprint density at radius 2 is 2.05 bits per heavy atom. The molecule has 1 N–H and O–H groups in total. The number of hydrogen-bond donors (Lipinski definition) is 1. The first-order valence-corrected chi connectivity index (χ1v) is 7.51. The summed E-state index contributed by atoms with van der Waals surface area (Å²) < 4.78 is 19.5.